The van der Waals surface area contributed by atoms with Gasteiger partial charge in [0.25, 0.3) is 0 Å². The van der Waals surface area contributed by atoms with Crippen molar-refractivity contribution in [2.24, 2.45) is 0 Å². The van der Waals surface area contributed by atoms with E-state index >= 15 is 0 Å². The van der Waals surface area contributed by atoms with Gasteiger partial charge in [0.1, 0.15) is 0 Å². The molecule has 0 aromatic heterocycles. The van der Waals surface area contributed by atoms with Crippen LogP contribution in [0.4, 0.5) is 0 Å². The van der Waals surface area contributed by atoms with Gasteiger partial charge in [-0.2, -0.15) is 0 Å². The van der Waals surface area contributed by atoms with Gasteiger partial charge in [0.05, 0.1) is 6.04 Å². The van der Waals surface area contributed by atoms with Crippen molar-refractivity contribution in [2.75, 3.05) is 26.7 Å². The number of piperidine rings is 2. The molecule has 0 aliphatic carbocycles. The van der Waals surface area contributed by atoms with E-state index in [2.05, 4.69) is 36.0 Å². The second-order valence-electron chi connectivity index (χ2n) is 6.08. The minimum Gasteiger partial charge on any atom is -0.338 e. The lowest BCUT2D eigenvalue weighted by Crippen LogP contribution is -2.57. The van der Waals surface area contributed by atoms with Gasteiger partial charge < -0.3 is 15.1 Å². The van der Waals surface area contributed by atoms with Crippen LogP contribution in [0.15, 0.2) is 0 Å². The molecular weight excluding hydrogens is 226 g/mol. The third-order valence-corrected chi connectivity index (χ3v) is 4.14. The fraction of sp³-hybridized carbons (Fsp3) is 0.929. The molecule has 0 aromatic carbocycles. The standard InChI is InChI=1S/C14H27N3O/c1-11(2)15-13-5-4-8-17(14(13)18)12-6-9-16(3)10-7-12/h11-13,15H,4-10H2,1-3H3. The van der Waals surface area contributed by atoms with Crippen LogP contribution in [0, 0.1) is 0 Å². The summed E-state index contributed by atoms with van der Waals surface area (Å²) < 4.78 is 0. The Balaban J connectivity index is 1.93. The van der Waals surface area contributed by atoms with Gasteiger partial charge >= 0.3 is 0 Å². The molecule has 1 unspecified atom stereocenters. The molecule has 0 saturated carbocycles. The molecule has 0 spiro atoms. The maximum absolute atomic E-state index is 12.5. The summed E-state index contributed by atoms with van der Waals surface area (Å²) in [6, 6.07) is 0.917. The molecule has 2 aliphatic heterocycles. The number of hydrogen-bond acceptors (Lipinski definition) is 3. The van der Waals surface area contributed by atoms with E-state index in [1.807, 2.05) is 0 Å². The predicted octanol–water partition coefficient (Wildman–Crippen LogP) is 1.07. The van der Waals surface area contributed by atoms with Gasteiger partial charge in [-0.25, -0.2) is 0 Å². The van der Waals surface area contributed by atoms with Crippen LogP contribution in [0.1, 0.15) is 39.5 Å². The summed E-state index contributed by atoms with van der Waals surface area (Å²) in [4.78, 5) is 17.0. The van der Waals surface area contributed by atoms with Crippen LogP contribution in [-0.2, 0) is 4.79 Å². The molecule has 0 bridgehead atoms. The van der Waals surface area contributed by atoms with Crippen LogP contribution in [0.25, 0.3) is 0 Å². The Bertz CT molecular complexity index is 285. The average Bonchev–Trinajstić information content (AvgIpc) is 2.33. The Morgan fingerprint density at radius 1 is 1.17 bits per heavy atom. The summed E-state index contributed by atoms with van der Waals surface area (Å²) in [5.74, 6) is 0.338. The Kier molecular flexibility index (Phi) is 4.62. The number of nitrogens with zero attached hydrogens (tertiary/aromatic N) is 2. The minimum atomic E-state index is 0.0541. The number of carbonyl (C=O) groups is 1. The van der Waals surface area contributed by atoms with Crippen LogP contribution in [0.3, 0.4) is 0 Å². The summed E-state index contributed by atoms with van der Waals surface area (Å²) >= 11 is 0. The van der Waals surface area contributed by atoms with E-state index in [9.17, 15) is 4.79 Å². The number of nitrogens with one attached hydrogen (secondary N) is 1. The maximum Gasteiger partial charge on any atom is 0.239 e. The summed E-state index contributed by atoms with van der Waals surface area (Å²) in [6.07, 6.45) is 4.41. The van der Waals surface area contributed by atoms with E-state index in [0.29, 0.717) is 18.0 Å². The molecule has 18 heavy (non-hydrogen) atoms. The highest BCUT2D eigenvalue weighted by Crippen LogP contribution is 2.21. The quantitative estimate of drug-likeness (QED) is 0.817. The zero-order valence-corrected chi connectivity index (χ0v) is 12.0. The molecule has 2 heterocycles. The van der Waals surface area contributed by atoms with E-state index in [-0.39, 0.29) is 6.04 Å². The molecule has 1 N–H and O–H groups in total. The summed E-state index contributed by atoms with van der Waals surface area (Å²) in [5.41, 5.74) is 0. The van der Waals surface area contributed by atoms with E-state index in [4.69, 9.17) is 0 Å². The minimum absolute atomic E-state index is 0.0541. The van der Waals surface area contributed by atoms with E-state index in [1.54, 1.807) is 0 Å². The summed E-state index contributed by atoms with van der Waals surface area (Å²) in [5, 5.41) is 3.41. The Morgan fingerprint density at radius 2 is 1.83 bits per heavy atom. The molecular formula is C14H27N3O. The third-order valence-electron chi connectivity index (χ3n) is 4.14. The van der Waals surface area contributed by atoms with Gasteiger partial charge in [-0.3, -0.25) is 4.79 Å². The lowest BCUT2D eigenvalue weighted by Gasteiger charge is -2.42. The van der Waals surface area contributed by atoms with Crippen molar-refractivity contribution < 1.29 is 4.79 Å². The summed E-state index contributed by atoms with van der Waals surface area (Å²) in [6.45, 7) is 7.43. The summed E-state index contributed by atoms with van der Waals surface area (Å²) in [7, 11) is 2.16. The highest BCUT2D eigenvalue weighted by atomic mass is 16.2. The van der Waals surface area contributed by atoms with Gasteiger partial charge in [-0.05, 0) is 45.8 Å². The lowest BCUT2D eigenvalue weighted by molar-refractivity contribution is -0.139. The molecule has 2 rings (SSSR count). The first kappa shape index (κ1) is 13.8. The number of rotatable bonds is 3. The average molecular weight is 253 g/mol. The highest BCUT2D eigenvalue weighted by Gasteiger charge is 2.34. The highest BCUT2D eigenvalue weighted by molar-refractivity contribution is 5.83. The largest absolute Gasteiger partial charge is 0.338 e. The van der Waals surface area contributed by atoms with Gasteiger partial charge in [-0.15, -0.1) is 0 Å². The number of hydrogen-bond donors (Lipinski definition) is 1. The SMILES string of the molecule is CC(C)NC1CCCN(C2CCN(C)CC2)C1=O. The van der Waals surface area contributed by atoms with Gasteiger partial charge in [0.15, 0.2) is 0 Å². The van der Waals surface area contributed by atoms with Crippen molar-refractivity contribution >= 4 is 5.91 Å². The Labute approximate surface area is 111 Å². The first-order valence-corrected chi connectivity index (χ1v) is 7.33. The molecule has 1 atom stereocenters. The van der Waals surface area contributed by atoms with Crippen molar-refractivity contribution in [1.82, 2.24) is 15.1 Å². The van der Waals surface area contributed by atoms with Crippen LogP contribution in [-0.4, -0.2) is 60.5 Å². The molecule has 0 radical (unpaired) electrons. The van der Waals surface area contributed by atoms with Gasteiger partial charge in [0.2, 0.25) is 5.91 Å². The molecule has 2 aliphatic rings. The number of amides is 1. The smallest absolute Gasteiger partial charge is 0.239 e. The van der Waals surface area contributed by atoms with Gasteiger partial charge in [-0.1, -0.05) is 13.8 Å². The van der Waals surface area contributed by atoms with Crippen molar-refractivity contribution in [3.05, 3.63) is 0 Å². The predicted molar refractivity (Wildman–Crippen MR) is 73.5 cm³/mol. The fourth-order valence-corrected chi connectivity index (χ4v) is 3.13. The van der Waals surface area contributed by atoms with Crippen molar-refractivity contribution in [3.8, 4) is 0 Å². The lowest BCUT2D eigenvalue weighted by atomic mass is 9.97. The van der Waals surface area contributed by atoms with Crippen LogP contribution < -0.4 is 5.32 Å². The first-order valence-electron chi connectivity index (χ1n) is 7.33. The van der Waals surface area contributed by atoms with Crippen LogP contribution in [0.2, 0.25) is 0 Å². The molecule has 1 amide bonds. The van der Waals surface area contributed by atoms with Crippen LogP contribution >= 0.6 is 0 Å². The van der Waals surface area contributed by atoms with E-state index in [0.717, 1.165) is 45.3 Å². The maximum atomic E-state index is 12.5. The zero-order valence-electron chi connectivity index (χ0n) is 12.0. The molecule has 2 saturated heterocycles. The van der Waals surface area contributed by atoms with E-state index in [1.165, 1.54) is 0 Å². The fourth-order valence-electron chi connectivity index (χ4n) is 3.13. The molecule has 104 valence electrons. The zero-order chi connectivity index (χ0) is 13.1. The molecule has 2 fully saturated rings. The molecule has 4 nitrogen and oxygen atoms in total. The van der Waals surface area contributed by atoms with Crippen molar-refractivity contribution in [3.63, 3.8) is 0 Å². The van der Waals surface area contributed by atoms with Gasteiger partial charge in [0, 0.05) is 18.6 Å². The molecule has 0 aromatic rings. The third kappa shape index (κ3) is 3.23. The number of carbonyl (C=O) groups excluding carboxylic acids is 1. The van der Waals surface area contributed by atoms with Crippen molar-refractivity contribution in [2.45, 2.75) is 57.7 Å². The van der Waals surface area contributed by atoms with Crippen LogP contribution in [0.5, 0.6) is 0 Å². The Morgan fingerprint density at radius 3 is 2.44 bits per heavy atom. The second-order valence-corrected chi connectivity index (χ2v) is 6.08. The second kappa shape index (κ2) is 6.02. The Hall–Kier alpha value is -0.610. The van der Waals surface area contributed by atoms with E-state index < -0.39 is 0 Å². The number of likely N-dealkylation sites (tertiary alicyclic amines) is 2. The first-order chi connectivity index (χ1) is 8.58. The van der Waals surface area contributed by atoms with Crippen molar-refractivity contribution in [1.29, 1.82) is 0 Å². The normalized spacial score (nSPS) is 28.1. The molecule has 4 heteroatoms. The monoisotopic (exact) mass is 253 g/mol. The topological polar surface area (TPSA) is 35.6 Å².